The second kappa shape index (κ2) is 6.28. The normalized spacial score (nSPS) is 26.0. The molecule has 0 unspecified atom stereocenters. The van der Waals surface area contributed by atoms with Crippen LogP contribution < -0.4 is 5.32 Å². The van der Waals surface area contributed by atoms with Crippen molar-refractivity contribution in [2.75, 3.05) is 0 Å². The predicted octanol–water partition coefficient (Wildman–Crippen LogP) is 3.78. The van der Waals surface area contributed by atoms with Crippen LogP contribution in [0.15, 0.2) is 42.5 Å². The van der Waals surface area contributed by atoms with Crippen molar-refractivity contribution in [3.63, 3.8) is 0 Å². The Balaban J connectivity index is 1.40. The summed E-state index contributed by atoms with van der Waals surface area (Å²) in [4.78, 5) is 4.04. The number of benzene rings is 1. The van der Waals surface area contributed by atoms with Crippen LogP contribution in [0.2, 0.25) is 0 Å². The summed E-state index contributed by atoms with van der Waals surface area (Å²) in [5.41, 5.74) is 3.25. The molecule has 2 N–H and O–H groups in total. The molecule has 0 radical (unpaired) electrons. The van der Waals surface area contributed by atoms with E-state index in [1.807, 2.05) is 22.9 Å². The minimum Gasteiger partial charge on any atom is -0.507 e. The zero-order valence-electron chi connectivity index (χ0n) is 15.1. The number of imidazole rings is 1. The molecule has 0 spiro atoms. The third-order valence-corrected chi connectivity index (χ3v) is 6.41. The number of rotatable bonds is 3. The van der Waals surface area contributed by atoms with Crippen LogP contribution in [-0.2, 0) is 0 Å². The highest BCUT2D eigenvalue weighted by Crippen LogP contribution is 2.39. The van der Waals surface area contributed by atoms with Crippen LogP contribution in [0.25, 0.3) is 22.3 Å². The SMILES string of the molecule is C[C@@]12CC[C@@H](C/C(=C\c3nnc(-c4ccc(-n5ccnc5)cc4O)s3)C1)N2. The van der Waals surface area contributed by atoms with Crippen molar-refractivity contribution in [1.82, 2.24) is 25.1 Å². The van der Waals surface area contributed by atoms with Crippen molar-refractivity contribution in [2.45, 2.75) is 44.2 Å². The Morgan fingerprint density at radius 3 is 3.07 bits per heavy atom. The molecular formula is C20H21N5OS. The second-order valence-electron chi connectivity index (χ2n) is 7.74. The van der Waals surface area contributed by atoms with Gasteiger partial charge in [-0.15, -0.1) is 10.2 Å². The molecule has 138 valence electrons. The van der Waals surface area contributed by atoms with Gasteiger partial charge in [0.1, 0.15) is 10.8 Å². The van der Waals surface area contributed by atoms with Crippen LogP contribution in [0.5, 0.6) is 5.75 Å². The van der Waals surface area contributed by atoms with Crippen LogP contribution in [0, 0.1) is 0 Å². The van der Waals surface area contributed by atoms with Gasteiger partial charge in [-0.2, -0.15) is 0 Å². The molecule has 0 aliphatic carbocycles. The first-order valence-electron chi connectivity index (χ1n) is 9.20. The molecule has 2 aliphatic rings. The number of nitrogens with one attached hydrogen (secondary N) is 1. The van der Waals surface area contributed by atoms with Crippen LogP contribution >= 0.6 is 11.3 Å². The van der Waals surface area contributed by atoms with E-state index >= 15 is 0 Å². The van der Waals surface area contributed by atoms with Crippen LogP contribution in [0.4, 0.5) is 0 Å². The first-order chi connectivity index (χ1) is 13.1. The third-order valence-electron chi connectivity index (χ3n) is 5.51. The maximum Gasteiger partial charge on any atom is 0.151 e. The monoisotopic (exact) mass is 379 g/mol. The van der Waals surface area contributed by atoms with Crippen molar-refractivity contribution >= 4 is 17.4 Å². The largest absolute Gasteiger partial charge is 0.507 e. The van der Waals surface area contributed by atoms with Crippen LogP contribution in [-0.4, -0.2) is 36.4 Å². The number of nitrogens with zero attached hydrogens (tertiary/aromatic N) is 4. The Hall–Kier alpha value is -2.51. The summed E-state index contributed by atoms with van der Waals surface area (Å²) in [5, 5.41) is 24.5. The Kier molecular flexibility index (Phi) is 3.87. The molecule has 3 aromatic rings. The maximum atomic E-state index is 10.5. The average molecular weight is 379 g/mol. The van der Waals surface area contributed by atoms with Crippen molar-refractivity contribution in [3.05, 3.63) is 47.5 Å². The minimum atomic E-state index is 0.198. The van der Waals surface area contributed by atoms with Crippen molar-refractivity contribution in [2.24, 2.45) is 0 Å². The number of hydrogen-bond acceptors (Lipinski definition) is 6. The van der Waals surface area contributed by atoms with E-state index in [9.17, 15) is 5.11 Å². The Bertz CT molecular complexity index is 1010. The van der Waals surface area contributed by atoms with Crippen LogP contribution in [0.1, 0.15) is 37.6 Å². The molecule has 4 heterocycles. The van der Waals surface area contributed by atoms with Gasteiger partial charge in [0.2, 0.25) is 0 Å². The highest BCUT2D eigenvalue weighted by atomic mass is 32.1. The molecule has 27 heavy (non-hydrogen) atoms. The van der Waals surface area contributed by atoms with Crippen molar-refractivity contribution < 1.29 is 5.11 Å². The van der Waals surface area contributed by atoms with Gasteiger partial charge in [-0.05, 0) is 50.8 Å². The van der Waals surface area contributed by atoms with Gasteiger partial charge < -0.3 is 15.0 Å². The summed E-state index contributed by atoms with van der Waals surface area (Å²) < 4.78 is 1.85. The lowest BCUT2D eigenvalue weighted by Gasteiger charge is -2.32. The molecule has 7 heteroatoms. The van der Waals surface area contributed by atoms with E-state index in [1.165, 1.54) is 29.8 Å². The molecule has 2 aliphatic heterocycles. The molecule has 0 saturated carbocycles. The van der Waals surface area contributed by atoms with Gasteiger partial charge in [0.05, 0.1) is 17.6 Å². The standard InChI is InChI=1S/C20H21N5OS/c1-20-5-4-14(22-20)8-13(11-20)9-18-23-24-19(27-18)16-3-2-15(10-17(16)26)25-7-6-21-12-25/h2-3,6-7,9-10,12,14,22,26H,4-5,8,11H2,1H3/b13-9+/t14-,20+/m0/s1. The van der Waals surface area contributed by atoms with Gasteiger partial charge >= 0.3 is 0 Å². The molecule has 2 fully saturated rings. The molecule has 2 saturated heterocycles. The van der Waals surface area contributed by atoms with Gasteiger partial charge in [-0.3, -0.25) is 0 Å². The molecular weight excluding hydrogens is 358 g/mol. The second-order valence-corrected chi connectivity index (χ2v) is 8.75. The Morgan fingerprint density at radius 1 is 1.37 bits per heavy atom. The van der Waals surface area contributed by atoms with Crippen LogP contribution in [0.3, 0.4) is 0 Å². The molecule has 0 amide bonds. The van der Waals surface area contributed by atoms with E-state index in [0.29, 0.717) is 11.6 Å². The molecule has 2 atom stereocenters. The topological polar surface area (TPSA) is 75.9 Å². The molecule has 1 aromatic carbocycles. The fraction of sp³-hybridized carbons (Fsp3) is 0.350. The minimum absolute atomic E-state index is 0.198. The summed E-state index contributed by atoms with van der Waals surface area (Å²) in [5.74, 6) is 0.198. The summed E-state index contributed by atoms with van der Waals surface area (Å²) in [6.07, 6.45) is 12.1. The third kappa shape index (κ3) is 3.17. The van der Waals surface area contributed by atoms with Gasteiger partial charge in [0.25, 0.3) is 0 Å². The van der Waals surface area contributed by atoms with E-state index in [0.717, 1.165) is 28.5 Å². The summed E-state index contributed by atoms with van der Waals surface area (Å²) in [6, 6.07) is 6.15. The van der Waals surface area contributed by atoms with Crippen molar-refractivity contribution in [3.8, 4) is 22.0 Å². The number of fused-ring (bicyclic) bond motifs is 2. The van der Waals surface area contributed by atoms with E-state index in [2.05, 4.69) is 33.5 Å². The number of aromatic nitrogens is 4. The molecule has 5 rings (SSSR count). The summed E-state index contributed by atoms with van der Waals surface area (Å²) in [7, 11) is 0. The lowest BCUT2D eigenvalue weighted by atomic mass is 9.89. The van der Waals surface area contributed by atoms with Gasteiger partial charge in [0, 0.05) is 30.0 Å². The van der Waals surface area contributed by atoms with Gasteiger partial charge in [0.15, 0.2) is 5.01 Å². The van der Waals surface area contributed by atoms with Crippen molar-refractivity contribution in [1.29, 1.82) is 0 Å². The zero-order valence-corrected chi connectivity index (χ0v) is 15.9. The Labute approximate surface area is 161 Å². The van der Waals surface area contributed by atoms with E-state index in [1.54, 1.807) is 18.6 Å². The average Bonchev–Trinajstić information content (AvgIpc) is 3.36. The lowest BCUT2D eigenvalue weighted by molar-refractivity contribution is 0.351. The smallest absolute Gasteiger partial charge is 0.151 e. The summed E-state index contributed by atoms with van der Waals surface area (Å²) >= 11 is 1.52. The van der Waals surface area contributed by atoms with E-state index in [-0.39, 0.29) is 11.3 Å². The molecule has 2 bridgehead atoms. The van der Waals surface area contributed by atoms with Gasteiger partial charge in [-0.25, -0.2) is 4.98 Å². The molecule has 6 nitrogen and oxygen atoms in total. The zero-order chi connectivity index (χ0) is 18.4. The van der Waals surface area contributed by atoms with E-state index < -0.39 is 0 Å². The van der Waals surface area contributed by atoms with E-state index in [4.69, 9.17) is 0 Å². The summed E-state index contributed by atoms with van der Waals surface area (Å²) in [6.45, 7) is 2.31. The first kappa shape index (κ1) is 16.6. The lowest BCUT2D eigenvalue weighted by Crippen LogP contribution is -2.44. The number of hydrogen-bond donors (Lipinski definition) is 2. The quantitative estimate of drug-likeness (QED) is 0.724. The first-order valence-corrected chi connectivity index (χ1v) is 10.0. The number of piperidine rings is 1. The number of aromatic hydroxyl groups is 1. The predicted molar refractivity (Wildman–Crippen MR) is 106 cm³/mol. The number of phenolic OH excluding ortho intramolecular Hbond substituents is 1. The highest BCUT2D eigenvalue weighted by molar-refractivity contribution is 7.15. The number of phenols is 1. The van der Waals surface area contributed by atoms with Gasteiger partial charge in [-0.1, -0.05) is 16.9 Å². The fourth-order valence-electron chi connectivity index (χ4n) is 4.27. The Morgan fingerprint density at radius 2 is 2.30 bits per heavy atom. The highest BCUT2D eigenvalue weighted by Gasteiger charge is 2.39. The maximum absolute atomic E-state index is 10.5. The molecule has 2 aromatic heterocycles. The fourth-order valence-corrected chi connectivity index (χ4v) is 5.14.